The number of nitrogens with one attached hydrogen (secondary N) is 1. The molecule has 0 aromatic carbocycles. The molecule has 0 aliphatic rings. The molecule has 0 rings (SSSR count). The van der Waals surface area contributed by atoms with E-state index in [1.54, 1.807) is 7.11 Å². The van der Waals surface area contributed by atoms with Crippen LogP contribution in [0.5, 0.6) is 0 Å². The van der Waals surface area contributed by atoms with Gasteiger partial charge in [0, 0.05) is 13.2 Å². The van der Waals surface area contributed by atoms with E-state index in [2.05, 4.69) is 26.3 Å². The van der Waals surface area contributed by atoms with Gasteiger partial charge in [-0.25, -0.2) is 0 Å². The number of hydrogen-bond acceptors (Lipinski definition) is 3. The Balaban J connectivity index is 3.82. The van der Waals surface area contributed by atoms with Crippen LogP contribution in [0.3, 0.4) is 0 Å². The predicted octanol–water partition coefficient (Wildman–Crippen LogP) is 2.51. The van der Waals surface area contributed by atoms with Gasteiger partial charge in [-0.1, -0.05) is 0 Å². The molecule has 0 saturated carbocycles. The molecule has 1 unspecified atom stereocenters. The lowest BCUT2D eigenvalue weighted by Crippen LogP contribution is -2.39. The van der Waals surface area contributed by atoms with Gasteiger partial charge < -0.3 is 4.74 Å². The van der Waals surface area contributed by atoms with E-state index in [1.807, 2.05) is 20.8 Å². The standard InChI is InChI=1S/C11H25NO2/c1-9(8-11(5,6)13-7)12-14-10(2,3)4/h9,12H,8H2,1-7H3. The van der Waals surface area contributed by atoms with Gasteiger partial charge in [-0.05, 0) is 48.0 Å². The van der Waals surface area contributed by atoms with Crippen molar-refractivity contribution < 1.29 is 9.57 Å². The van der Waals surface area contributed by atoms with Gasteiger partial charge in [-0.15, -0.1) is 0 Å². The highest BCUT2D eigenvalue weighted by atomic mass is 16.7. The summed E-state index contributed by atoms with van der Waals surface area (Å²) in [6.07, 6.45) is 0.916. The molecule has 3 nitrogen and oxygen atoms in total. The third-order valence-corrected chi connectivity index (χ3v) is 1.92. The summed E-state index contributed by atoms with van der Waals surface area (Å²) in [5, 5.41) is 0. The second-order valence-corrected chi connectivity index (χ2v) is 5.40. The third-order valence-electron chi connectivity index (χ3n) is 1.92. The zero-order valence-electron chi connectivity index (χ0n) is 10.6. The largest absolute Gasteiger partial charge is 0.379 e. The highest BCUT2D eigenvalue weighted by molar-refractivity contribution is 4.73. The van der Waals surface area contributed by atoms with Crippen LogP contribution in [0.15, 0.2) is 0 Å². The van der Waals surface area contributed by atoms with Gasteiger partial charge in [0.05, 0.1) is 11.2 Å². The van der Waals surface area contributed by atoms with Crippen LogP contribution in [0.2, 0.25) is 0 Å². The minimum Gasteiger partial charge on any atom is -0.379 e. The Morgan fingerprint density at radius 2 is 1.64 bits per heavy atom. The normalized spacial score (nSPS) is 15.6. The molecule has 0 saturated heterocycles. The summed E-state index contributed by atoms with van der Waals surface area (Å²) in [6.45, 7) is 12.3. The Morgan fingerprint density at radius 1 is 1.14 bits per heavy atom. The summed E-state index contributed by atoms with van der Waals surface area (Å²) in [5.74, 6) is 0. The molecule has 14 heavy (non-hydrogen) atoms. The molecule has 86 valence electrons. The molecule has 1 atom stereocenters. The van der Waals surface area contributed by atoms with Crippen molar-refractivity contribution >= 4 is 0 Å². The molecule has 0 amide bonds. The summed E-state index contributed by atoms with van der Waals surface area (Å²) in [4.78, 5) is 5.48. The maximum absolute atomic E-state index is 5.48. The van der Waals surface area contributed by atoms with E-state index in [0.29, 0.717) is 0 Å². The highest BCUT2D eigenvalue weighted by Gasteiger charge is 2.21. The molecular formula is C11H25NO2. The van der Waals surface area contributed by atoms with Crippen molar-refractivity contribution in [2.24, 2.45) is 0 Å². The van der Waals surface area contributed by atoms with E-state index in [0.717, 1.165) is 6.42 Å². The first-order chi connectivity index (χ1) is 6.16. The van der Waals surface area contributed by atoms with Crippen LogP contribution in [0.25, 0.3) is 0 Å². The first kappa shape index (κ1) is 13.9. The van der Waals surface area contributed by atoms with Gasteiger partial charge in [0.1, 0.15) is 0 Å². The fraction of sp³-hybridized carbons (Fsp3) is 1.00. The van der Waals surface area contributed by atoms with Crippen LogP contribution in [0, 0.1) is 0 Å². The number of hydrogen-bond donors (Lipinski definition) is 1. The molecule has 0 aromatic rings. The summed E-state index contributed by atoms with van der Waals surface area (Å²) < 4.78 is 5.34. The minimum atomic E-state index is -0.147. The molecule has 0 bridgehead atoms. The minimum absolute atomic E-state index is 0.104. The van der Waals surface area contributed by atoms with Crippen LogP contribution < -0.4 is 5.48 Å². The van der Waals surface area contributed by atoms with Gasteiger partial charge in [-0.2, -0.15) is 5.48 Å². The van der Waals surface area contributed by atoms with Crippen LogP contribution in [-0.4, -0.2) is 24.4 Å². The predicted molar refractivity (Wildman–Crippen MR) is 59.1 cm³/mol. The zero-order chi connectivity index (χ0) is 11.4. The first-order valence-corrected chi connectivity index (χ1v) is 5.15. The van der Waals surface area contributed by atoms with Gasteiger partial charge >= 0.3 is 0 Å². The van der Waals surface area contributed by atoms with E-state index >= 15 is 0 Å². The van der Waals surface area contributed by atoms with Crippen molar-refractivity contribution in [2.75, 3.05) is 7.11 Å². The lowest BCUT2D eigenvalue weighted by Gasteiger charge is -2.29. The summed E-state index contributed by atoms with van der Waals surface area (Å²) >= 11 is 0. The van der Waals surface area contributed by atoms with Crippen LogP contribution in [-0.2, 0) is 9.57 Å². The average molecular weight is 203 g/mol. The number of ether oxygens (including phenoxy) is 1. The zero-order valence-corrected chi connectivity index (χ0v) is 10.6. The Kier molecular flexibility index (Phi) is 5.06. The summed E-state index contributed by atoms with van der Waals surface area (Å²) in [6, 6.07) is 0.282. The van der Waals surface area contributed by atoms with Crippen LogP contribution >= 0.6 is 0 Å². The molecule has 0 spiro atoms. The highest BCUT2D eigenvalue weighted by Crippen LogP contribution is 2.16. The van der Waals surface area contributed by atoms with Crippen molar-refractivity contribution in [3.8, 4) is 0 Å². The first-order valence-electron chi connectivity index (χ1n) is 5.15. The molecular weight excluding hydrogens is 178 g/mol. The number of rotatable bonds is 5. The second-order valence-electron chi connectivity index (χ2n) is 5.40. The van der Waals surface area contributed by atoms with E-state index in [9.17, 15) is 0 Å². The van der Waals surface area contributed by atoms with Crippen molar-refractivity contribution in [2.45, 2.75) is 65.2 Å². The van der Waals surface area contributed by atoms with Gasteiger partial charge in [0.15, 0.2) is 0 Å². The maximum Gasteiger partial charge on any atom is 0.0813 e. The summed E-state index contributed by atoms with van der Waals surface area (Å²) in [7, 11) is 1.73. The third kappa shape index (κ3) is 7.30. The van der Waals surface area contributed by atoms with Gasteiger partial charge in [0.25, 0.3) is 0 Å². The molecule has 0 aliphatic heterocycles. The molecule has 1 N–H and O–H groups in total. The molecule has 3 heteroatoms. The topological polar surface area (TPSA) is 30.5 Å². The molecule has 0 fully saturated rings. The van der Waals surface area contributed by atoms with Crippen molar-refractivity contribution in [1.82, 2.24) is 5.48 Å². The maximum atomic E-state index is 5.48. The van der Waals surface area contributed by atoms with E-state index in [1.165, 1.54) is 0 Å². The smallest absolute Gasteiger partial charge is 0.0813 e. The van der Waals surface area contributed by atoms with Crippen LogP contribution in [0.4, 0.5) is 0 Å². The van der Waals surface area contributed by atoms with Crippen molar-refractivity contribution in [3.63, 3.8) is 0 Å². The lowest BCUT2D eigenvalue weighted by molar-refractivity contribution is -0.0981. The Bertz CT molecular complexity index is 161. The van der Waals surface area contributed by atoms with Crippen LogP contribution in [0.1, 0.15) is 48.0 Å². The van der Waals surface area contributed by atoms with Crippen molar-refractivity contribution in [3.05, 3.63) is 0 Å². The molecule has 0 aromatic heterocycles. The lowest BCUT2D eigenvalue weighted by atomic mass is 10.0. The van der Waals surface area contributed by atoms with Crippen molar-refractivity contribution in [1.29, 1.82) is 0 Å². The SMILES string of the molecule is COC(C)(C)CC(C)NOC(C)(C)C. The summed E-state index contributed by atoms with van der Waals surface area (Å²) in [5.41, 5.74) is 2.78. The fourth-order valence-electron chi connectivity index (χ4n) is 1.14. The van der Waals surface area contributed by atoms with Gasteiger partial charge in [0.2, 0.25) is 0 Å². The quantitative estimate of drug-likeness (QED) is 0.696. The Morgan fingerprint density at radius 3 is 2.00 bits per heavy atom. The molecule has 0 radical (unpaired) electrons. The fourth-order valence-corrected chi connectivity index (χ4v) is 1.14. The average Bonchev–Trinajstić information content (AvgIpc) is 1.99. The second kappa shape index (κ2) is 5.10. The molecule has 0 heterocycles. The van der Waals surface area contributed by atoms with E-state index in [-0.39, 0.29) is 17.2 Å². The number of methoxy groups -OCH3 is 1. The van der Waals surface area contributed by atoms with Gasteiger partial charge in [-0.3, -0.25) is 4.84 Å². The molecule has 0 aliphatic carbocycles. The monoisotopic (exact) mass is 203 g/mol. The van der Waals surface area contributed by atoms with E-state index in [4.69, 9.17) is 9.57 Å². The van der Waals surface area contributed by atoms with E-state index < -0.39 is 0 Å². The Hall–Kier alpha value is -0.120. The number of hydroxylamine groups is 1. The Labute approximate surface area is 88.1 Å².